The van der Waals surface area contributed by atoms with Crippen LogP contribution in [0.4, 0.5) is 14.5 Å². The first-order valence-electron chi connectivity index (χ1n) is 11.1. The Morgan fingerprint density at radius 1 is 1.28 bits per heavy atom. The Labute approximate surface area is 202 Å². The zero-order valence-electron chi connectivity index (χ0n) is 18.9. The van der Waals surface area contributed by atoms with E-state index in [0.29, 0.717) is 5.69 Å². The Morgan fingerprint density at radius 3 is 2.86 bits per heavy atom. The minimum absolute atomic E-state index is 0.00461. The summed E-state index contributed by atoms with van der Waals surface area (Å²) in [6.45, 7) is 0.969. The average Bonchev–Trinajstić information content (AvgIpc) is 2.87. The Hall–Kier alpha value is -4.38. The van der Waals surface area contributed by atoms with Gasteiger partial charge in [-0.25, -0.2) is 4.39 Å². The van der Waals surface area contributed by atoms with Crippen LogP contribution in [0.2, 0.25) is 0 Å². The molecule has 1 aliphatic rings. The number of carbonyl (C=O) groups is 2. The number of aliphatic hydroxyl groups excluding tert-OH is 1. The highest BCUT2D eigenvalue weighted by Gasteiger charge is 2.29. The average molecular weight is 494 g/mol. The maximum absolute atomic E-state index is 14.3. The standard InChI is InChI=1S/C25H20F2N4O5/c1-12-11-36-23-20(27)17(26)8-15-21(23)31(12)9-16(22(15)33)24(34)30-19(10-32)25(35)29-14-4-5-18-13(7-14)3-2-6-28-18/h2-9,12,19,32H,10-11H2,1H3,(H,29,35)(H,30,34)/t12?,19-/m0/s1. The number of aliphatic hydroxyl groups is 1. The molecule has 2 atom stereocenters. The molecule has 3 heterocycles. The molecule has 0 saturated carbocycles. The van der Waals surface area contributed by atoms with E-state index in [2.05, 4.69) is 15.6 Å². The summed E-state index contributed by atoms with van der Waals surface area (Å²) in [6, 6.07) is 7.52. The molecule has 3 N–H and O–H groups in total. The Balaban J connectivity index is 1.44. The van der Waals surface area contributed by atoms with Gasteiger partial charge in [-0.1, -0.05) is 6.07 Å². The number of hydrogen-bond donors (Lipinski definition) is 3. The fourth-order valence-electron chi connectivity index (χ4n) is 4.17. The second-order valence-electron chi connectivity index (χ2n) is 8.45. The third-order valence-corrected chi connectivity index (χ3v) is 6.03. The smallest absolute Gasteiger partial charge is 0.257 e. The molecule has 11 heteroatoms. The zero-order chi connectivity index (χ0) is 25.6. The predicted molar refractivity (Wildman–Crippen MR) is 127 cm³/mol. The predicted octanol–water partition coefficient (Wildman–Crippen LogP) is 2.51. The number of anilines is 1. The normalized spacial score (nSPS) is 15.4. The quantitative estimate of drug-likeness (QED) is 0.392. The second-order valence-corrected chi connectivity index (χ2v) is 8.45. The topological polar surface area (TPSA) is 123 Å². The molecule has 36 heavy (non-hydrogen) atoms. The summed E-state index contributed by atoms with van der Waals surface area (Å²) in [5.41, 5.74) is -0.0759. The molecule has 2 aromatic carbocycles. The van der Waals surface area contributed by atoms with Crippen LogP contribution in [0, 0.1) is 11.6 Å². The van der Waals surface area contributed by atoms with E-state index >= 15 is 0 Å². The van der Waals surface area contributed by atoms with Gasteiger partial charge in [0.15, 0.2) is 11.6 Å². The molecule has 184 valence electrons. The molecule has 0 radical (unpaired) electrons. The lowest BCUT2D eigenvalue weighted by Gasteiger charge is -2.27. The number of fused-ring (bicyclic) bond motifs is 1. The van der Waals surface area contributed by atoms with Gasteiger partial charge in [0.25, 0.3) is 5.91 Å². The molecular weight excluding hydrogens is 474 g/mol. The number of ether oxygens (including phenoxy) is 1. The molecule has 1 unspecified atom stereocenters. The van der Waals surface area contributed by atoms with Crippen molar-refractivity contribution >= 4 is 39.3 Å². The van der Waals surface area contributed by atoms with Crippen LogP contribution in [0.15, 0.2) is 53.6 Å². The van der Waals surface area contributed by atoms with Crippen molar-refractivity contribution in [3.05, 3.63) is 76.2 Å². The minimum atomic E-state index is -1.39. The third kappa shape index (κ3) is 3.93. The molecule has 9 nitrogen and oxygen atoms in total. The summed E-state index contributed by atoms with van der Waals surface area (Å²) in [5.74, 6) is -4.57. The van der Waals surface area contributed by atoms with E-state index in [-0.39, 0.29) is 17.5 Å². The van der Waals surface area contributed by atoms with Crippen molar-refractivity contribution in [2.75, 3.05) is 18.5 Å². The number of hydrogen-bond acceptors (Lipinski definition) is 6. The van der Waals surface area contributed by atoms with Crippen molar-refractivity contribution < 1.29 is 28.2 Å². The fourth-order valence-corrected chi connectivity index (χ4v) is 4.17. The zero-order valence-corrected chi connectivity index (χ0v) is 18.9. The lowest BCUT2D eigenvalue weighted by Crippen LogP contribution is -2.47. The van der Waals surface area contributed by atoms with Crippen molar-refractivity contribution in [3.63, 3.8) is 0 Å². The number of amides is 2. The summed E-state index contributed by atoms with van der Waals surface area (Å²) in [7, 11) is 0. The molecule has 0 fully saturated rings. The van der Waals surface area contributed by atoms with Gasteiger partial charge in [-0.3, -0.25) is 19.4 Å². The molecule has 0 saturated heterocycles. The van der Waals surface area contributed by atoms with Gasteiger partial charge < -0.3 is 25.0 Å². The molecule has 0 bridgehead atoms. The Kier molecular flexibility index (Phi) is 5.84. The summed E-state index contributed by atoms with van der Waals surface area (Å²) in [6.07, 6.45) is 2.86. The molecule has 2 aromatic heterocycles. The van der Waals surface area contributed by atoms with E-state index < -0.39 is 58.9 Å². The molecule has 5 rings (SSSR count). The largest absolute Gasteiger partial charge is 0.486 e. The first-order chi connectivity index (χ1) is 17.3. The van der Waals surface area contributed by atoms with E-state index in [9.17, 15) is 28.3 Å². The maximum atomic E-state index is 14.3. The monoisotopic (exact) mass is 494 g/mol. The van der Waals surface area contributed by atoms with Crippen molar-refractivity contribution in [2.45, 2.75) is 19.0 Å². The number of aromatic nitrogens is 2. The van der Waals surface area contributed by atoms with Crippen LogP contribution in [0.3, 0.4) is 0 Å². The minimum Gasteiger partial charge on any atom is -0.486 e. The third-order valence-electron chi connectivity index (χ3n) is 6.03. The van der Waals surface area contributed by atoms with Gasteiger partial charge in [0.2, 0.25) is 17.2 Å². The maximum Gasteiger partial charge on any atom is 0.257 e. The highest BCUT2D eigenvalue weighted by atomic mass is 19.2. The van der Waals surface area contributed by atoms with Gasteiger partial charge in [-0.15, -0.1) is 0 Å². The van der Waals surface area contributed by atoms with Crippen LogP contribution in [-0.2, 0) is 4.79 Å². The Bertz CT molecular complexity index is 1600. The van der Waals surface area contributed by atoms with Crippen LogP contribution < -0.4 is 20.8 Å². The molecule has 2 amide bonds. The lowest BCUT2D eigenvalue weighted by molar-refractivity contribution is -0.118. The first-order valence-corrected chi connectivity index (χ1v) is 11.1. The number of nitrogens with one attached hydrogen (secondary N) is 2. The van der Waals surface area contributed by atoms with E-state index in [4.69, 9.17) is 4.74 Å². The van der Waals surface area contributed by atoms with Crippen molar-refractivity contribution in [2.24, 2.45) is 0 Å². The Morgan fingerprint density at radius 2 is 2.08 bits per heavy atom. The highest BCUT2D eigenvalue weighted by molar-refractivity contribution is 6.03. The van der Waals surface area contributed by atoms with Crippen LogP contribution in [0.1, 0.15) is 23.3 Å². The van der Waals surface area contributed by atoms with Gasteiger partial charge in [-0.05, 0) is 37.3 Å². The summed E-state index contributed by atoms with van der Waals surface area (Å²) in [5, 5.41) is 15.3. The summed E-state index contributed by atoms with van der Waals surface area (Å²) in [4.78, 5) is 43.0. The number of rotatable bonds is 5. The number of halogens is 2. The van der Waals surface area contributed by atoms with Crippen LogP contribution in [-0.4, -0.2) is 45.7 Å². The SMILES string of the molecule is CC1COc2c(F)c(F)cc3c(=O)c(C(=O)N[C@@H](CO)C(=O)Nc4ccc5ncccc5c4)cn1c23. The van der Waals surface area contributed by atoms with E-state index in [1.165, 1.54) is 10.8 Å². The summed E-state index contributed by atoms with van der Waals surface area (Å²) < 4.78 is 35.2. The van der Waals surface area contributed by atoms with Crippen LogP contribution >= 0.6 is 0 Å². The van der Waals surface area contributed by atoms with Gasteiger partial charge in [0, 0.05) is 23.5 Å². The van der Waals surface area contributed by atoms with Gasteiger partial charge in [0.05, 0.1) is 29.1 Å². The number of nitrogens with zero attached hydrogens (tertiary/aromatic N) is 2. The first kappa shape index (κ1) is 23.4. The van der Waals surface area contributed by atoms with E-state index in [0.717, 1.165) is 17.0 Å². The number of pyridine rings is 2. The van der Waals surface area contributed by atoms with E-state index in [1.807, 2.05) is 6.07 Å². The highest BCUT2D eigenvalue weighted by Crippen LogP contribution is 2.35. The second kappa shape index (κ2) is 9.00. The number of carbonyl (C=O) groups excluding carboxylic acids is 2. The van der Waals surface area contributed by atoms with E-state index in [1.54, 1.807) is 37.4 Å². The summed E-state index contributed by atoms with van der Waals surface area (Å²) >= 11 is 0. The van der Waals surface area contributed by atoms with Crippen LogP contribution in [0.25, 0.3) is 21.8 Å². The lowest BCUT2D eigenvalue weighted by atomic mass is 10.1. The molecule has 0 aliphatic carbocycles. The van der Waals surface area contributed by atoms with Gasteiger partial charge in [0.1, 0.15) is 18.2 Å². The van der Waals surface area contributed by atoms with Gasteiger partial charge >= 0.3 is 0 Å². The van der Waals surface area contributed by atoms with Crippen molar-refractivity contribution in [1.82, 2.24) is 14.9 Å². The molecule has 0 spiro atoms. The van der Waals surface area contributed by atoms with Gasteiger partial charge in [-0.2, -0.15) is 4.39 Å². The molecule has 4 aromatic rings. The fraction of sp³-hybridized carbons (Fsp3) is 0.200. The van der Waals surface area contributed by atoms with Crippen molar-refractivity contribution in [3.8, 4) is 5.75 Å². The van der Waals surface area contributed by atoms with Crippen molar-refractivity contribution in [1.29, 1.82) is 0 Å². The molecular formula is C25H20F2N4O5. The molecule has 1 aliphatic heterocycles. The number of benzene rings is 2. The van der Waals surface area contributed by atoms with Crippen LogP contribution in [0.5, 0.6) is 5.75 Å².